The van der Waals surface area contributed by atoms with Crippen LogP contribution in [0, 0.1) is 0 Å². The maximum atomic E-state index is 8.74. The molecule has 0 aromatic rings. The molecule has 0 rings (SSSR count). The van der Waals surface area contributed by atoms with Crippen molar-refractivity contribution in [3.63, 3.8) is 0 Å². The van der Waals surface area contributed by atoms with Gasteiger partial charge in [-0.1, -0.05) is 0 Å². The van der Waals surface area contributed by atoms with Crippen molar-refractivity contribution in [2.45, 2.75) is 0 Å². The third-order valence-corrected chi connectivity index (χ3v) is 0. The van der Waals surface area contributed by atoms with E-state index < -0.39 is 10.4 Å². The molecule has 0 aromatic carbocycles. The van der Waals surface area contributed by atoms with Crippen LogP contribution in [-0.4, -0.2) is 68.9 Å². The Morgan fingerprint density at radius 3 is 1.12 bits per heavy atom. The molecule has 8 heavy (non-hydrogen) atoms. The van der Waals surface area contributed by atoms with Gasteiger partial charge in [0.25, 0.3) is 0 Å². The molecule has 0 radical (unpaired) electrons. The van der Waals surface area contributed by atoms with E-state index >= 15 is 0 Å². The van der Waals surface area contributed by atoms with Gasteiger partial charge in [0.1, 0.15) is 0 Å². The van der Waals surface area contributed by atoms with E-state index in [0.717, 1.165) is 17.4 Å². The Hall–Kier alpha value is 1.89. The molecule has 2 N–H and O–H groups in total. The summed E-state index contributed by atoms with van der Waals surface area (Å²) in [6.45, 7) is 0. The second-order valence-corrected chi connectivity index (χ2v) is 1.34. The molecule has 0 atom stereocenters. The summed E-state index contributed by atoms with van der Waals surface area (Å²) in [6.07, 6.45) is 0. The quantitative estimate of drug-likeness (QED) is 0.374. The van der Waals surface area contributed by atoms with E-state index in [0.29, 0.717) is 0 Å². The molecule has 0 unspecified atom stereocenters. The van der Waals surface area contributed by atoms with Crippen molar-refractivity contribution in [2.75, 3.05) is 0 Å². The van der Waals surface area contributed by atoms with E-state index in [9.17, 15) is 0 Å². The molecular formula is H3KO5SV. The molecule has 0 saturated heterocycles. The van der Waals surface area contributed by atoms with Crippen molar-refractivity contribution in [1.29, 1.82) is 0 Å². The van der Waals surface area contributed by atoms with Gasteiger partial charge in [-0.25, -0.2) is 0 Å². The third kappa shape index (κ3) is 105. The summed E-state index contributed by atoms with van der Waals surface area (Å²) in [5.74, 6) is 0. The summed E-state index contributed by atoms with van der Waals surface area (Å²) in [5.41, 5.74) is 0. The molecule has 0 aliphatic carbocycles. The van der Waals surface area contributed by atoms with Crippen LogP contribution in [0.1, 0.15) is 0 Å². The summed E-state index contributed by atoms with van der Waals surface area (Å²) in [4.78, 5) is 0. The van der Waals surface area contributed by atoms with Crippen LogP contribution in [0.25, 0.3) is 0 Å². The SMILES string of the molecule is O=S(=O)(O)O.[KH].[O]=[V]. The minimum atomic E-state index is -4.67. The van der Waals surface area contributed by atoms with Gasteiger partial charge in [0, 0.05) is 0 Å². The Bertz CT molecular complexity index is 106. The Kier molecular flexibility index (Phi) is 18.3. The van der Waals surface area contributed by atoms with E-state index in [2.05, 4.69) is 0 Å². The topological polar surface area (TPSA) is 91.7 Å². The molecule has 0 bridgehead atoms. The van der Waals surface area contributed by atoms with Gasteiger partial charge in [0.2, 0.25) is 0 Å². The first-order valence-electron chi connectivity index (χ1n) is 0.881. The van der Waals surface area contributed by atoms with E-state index in [-0.39, 0.29) is 51.4 Å². The average molecular weight is 205 g/mol. The zero-order valence-corrected chi connectivity index (χ0v) is 5.19. The number of hydrogen-bond acceptors (Lipinski definition) is 3. The van der Waals surface area contributed by atoms with E-state index in [1.807, 2.05) is 0 Å². The van der Waals surface area contributed by atoms with Crippen LogP contribution in [0.2, 0.25) is 0 Å². The van der Waals surface area contributed by atoms with Crippen LogP contribution in [0.4, 0.5) is 0 Å². The van der Waals surface area contributed by atoms with Crippen LogP contribution >= 0.6 is 0 Å². The van der Waals surface area contributed by atoms with Gasteiger partial charge >= 0.3 is 82.8 Å². The summed E-state index contributed by atoms with van der Waals surface area (Å²) in [5, 5.41) is 0. The van der Waals surface area contributed by atoms with E-state index in [4.69, 9.17) is 21.2 Å². The zero-order chi connectivity index (χ0) is 6.50. The number of rotatable bonds is 0. The second-order valence-electron chi connectivity index (χ2n) is 0.448. The molecule has 5 nitrogen and oxygen atoms in total. The molecule has 0 aliphatic rings. The van der Waals surface area contributed by atoms with Crippen LogP contribution in [0.3, 0.4) is 0 Å². The normalized spacial score (nSPS) is 7.62. The number of hydrogen-bond donors (Lipinski definition) is 2. The van der Waals surface area contributed by atoms with E-state index in [1.54, 1.807) is 0 Å². The first kappa shape index (κ1) is 16.5. The van der Waals surface area contributed by atoms with Crippen LogP contribution in [0.15, 0.2) is 0 Å². The standard InChI is InChI=1S/K.H2O4S.O.V.H/c;1-5(2,3)4;;;/h;(H2,1,2,3,4);;;. The Morgan fingerprint density at radius 2 is 1.12 bits per heavy atom. The summed E-state index contributed by atoms with van der Waals surface area (Å²) >= 11 is 1.06. The maximum absolute atomic E-state index is 8.74. The molecule has 45 valence electrons. The molecule has 0 fully saturated rings. The monoisotopic (exact) mass is 205 g/mol. The van der Waals surface area contributed by atoms with Crippen molar-refractivity contribution in [1.82, 2.24) is 0 Å². The molecule has 0 aliphatic heterocycles. The van der Waals surface area contributed by atoms with Crippen molar-refractivity contribution >= 4 is 61.8 Å². The second kappa shape index (κ2) is 8.89. The van der Waals surface area contributed by atoms with E-state index in [1.165, 1.54) is 0 Å². The fourth-order valence-corrected chi connectivity index (χ4v) is 0. The van der Waals surface area contributed by atoms with Crippen molar-refractivity contribution < 1.29 is 38.6 Å². The fraction of sp³-hybridized carbons (Fsp3) is 0. The summed E-state index contributed by atoms with van der Waals surface area (Å²) in [6, 6.07) is 0. The molecule has 0 saturated carbocycles. The first-order valence-corrected chi connectivity index (χ1v) is 2.85. The zero-order valence-electron chi connectivity index (χ0n) is 2.97. The molecule has 0 heterocycles. The summed E-state index contributed by atoms with van der Waals surface area (Å²) < 4.78 is 39.8. The van der Waals surface area contributed by atoms with Gasteiger partial charge in [-0.15, -0.1) is 0 Å². The van der Waals surface area contributed by atoms with Gasteiger partial charge in [0.15, 0.2) is 0 Å². The third-order valence-electron chi connectivity index (χ3n) is 0. The van der Waals surface area contributed by atoms with Gasteiger partial charge in [-0.3, -0.25) is 9.11 Å². The van der Waals surface area contributed by atoms with Gasteiger partial charge in [-0.2, -0.15) is 8.42 Å². The Balaban J connectivity index is -0.0000000750. The molecule has 8 heteroatoms. The molecule has 0 aromatic heterocycles. The average Bonchev–Trinajstić information content (AvgIpc) is 1.36. The van der Waals surface area contributed by atoms with Gasteiger partial charge < -0.3 is 0 Å². The predicted octanol–water partition coefficient (Wildman–Crippen LogP) is -1.42. The Labute approximate surface area is 98.4 Å². The minimum absolute atomic E-state index is 0. The van der Waals surface area contributed by atoms with Gasteiger partial charge in [0.05, 0.1) is 0 Å². The Morgan fingerprint density at radius 1 is 1.12 bits per heavy atom. The molecule has 0 amide bonds. The van der Waals surface area contributed by atoms with Gasteiger partial charge in [-0.05, 0) is 0 Å². The van der Waals surface area contributed by atoms with Crippen LogP contribution in [-0.2, 0) is 31.4 Å². The fourth-order valence-electron chi connectivity index (χ4n) is 0. The van der Waals surface area contributed by atoms with Crippen LogP contribution < -0.4 is 0 Å². The molecular weight excluding hydrogens is 202 g/mol. The molecule has 0 spiro atoms. The van der Waals surface area contributed by atoms with Crippen molar-refractivity contribution in [3.8, 4) is 0 Å². The van der Waals surface area contributed by atoms with Crippen molar-refractivity contribution in [3.05, 3.63) is 0 Å². The first-order chi connectivity index (χ1) is 3.00. The van der Waals surface area contributed by atoms with Crippen LogP contribution in [0.5, 0.6) is 0 Å². The predicted molar refractivity (Wildman–Crippen MR) is 22.0 cm³/mol. The summed E-state index contributed by atoms with van der Waals surface area (Å²) in [7, 11) is -4.67. The van der Waals surface area contributed by atoms with Crippen molar-refractivity contribution in [2.24, 2.45) is 0 Å².